The zero-order valence-corrected chi connectivity index (χ0v) is 16.5. The molecule has 0 spiro atoms. The number of carbonyl (C=O) groups excluding carboxylic acids is 2. The highest BCUT2D eigenvalue weighted by Crippen LogP contribution is 2.23. The standard InChI is InChI=1S/C21H23ClN2O4/c1-27-19-8-7-17(22)13-16(19)14-21(26)28-15-20(25)24-11-9-23(10-12-24)18-5-3-2-4-6-18/h2-8,13H,9-12,14-15H2,1H3. The largest absolute Gasteiger partial charge is 0.496 e. The van der Waals surface area contributed by atoms with Crippen LogP contribution in [0, 0.1) is 0 Å². The molecule has 1 fully saturated rings. The van der Waals surface area contributed by atoms with E-state index in [-0.39, 0.29) is 18.9 Å². The van der Waals surface area contributed by atoms with Crippen molar-refractivity contribution in [2.24, 2.45) is 0 Å². The van der Waals surface area contributed by atoms with Crippen LogP contribution >= 0.6 is 11.6 Å². The van der Waals surface area contributed by atoms with Gasteiger partial charge in [-0.2, -0.15) is 0 Å². The van der Waals surface area contributed by atoms with Gasteiger partial charge in [0.15, 0.2) is 6.61 Å². The molecule has 28 heavy (non-hydrogen) atoms. The van der Waals surface area contributed by atoms with Crippen molar-refractivity contribution in [3.05, 3.63) is 59.1 Å². The third kappa shape index (κ3) is 5.16. The first-order valence-electron chi connectivity index (χ1n) is 9.12. The Balaban J connectivity index is 1.46. The van der Waals surface area contributed by atoms with Crippen molar-refractivity contribution in [1.82, 2.24) is 4.90 Å². The zero-order valence-electron chi connectivity index (χ0n) is 15.8. The second-order valence-electron chi connectivity index (χ2n) is 6.50. The lowest BCUT2D eigenvalue weighted by molar-refractivity contribution is -0.151. The summed E-state index contributed by atoms with van der Waals surface area (Å²) in [5, 5.41) is 0.510. The Morgan fingerprint density at radius 2 is 1.75 bits per heavy atom. The minimum absolute atomic E-state index is 0.00119. The minimum Gasteiger partial charge on any atom is -0.496 e. The molecule has 0 aromatic heterocycles. The van der Waals surface area contributed by atoms with Gasteiger partial charge in [0, 0.05) is 42.5 Å². The molecule has 3 rings (SSSR count). The maximum absolute atomic E-state index is 12.4. The van der Waals surface area contributed by atoms with Gasteiger partial charge in [-0.25, -0.2) is 0 Å². The molecule has 1 aliphatic heterocycles. The highest BCUT2D eigenvalue weighted by Gasteiger charge is 2.22. The molecule has 1 saturated heterocycles. The molecule has 0 saturated carbocycles. The quantitative estimate of drug-likeness (QED) is 0.695. The topological polar surface area (TPSA) is 59.1 Å². The smallest absolute Gasteiger partial charge is 0.310 e. The van der Waals surface area contributed by atoms with Crippen molar-refractivity contribution < 1.29 is 19.1 Å². The number of amides is 1. The monoisotopic (exact) mass is 402 g/mol. The third-order valence-corrected chi connectivity index (χ3v) is 4.92. The lowest BCUT2D eigenvalue weighted by Crippen LogP contribution is -2.49. The molecule has 0 aliphatic carbocycles. The van der Waals surface area contributed by atoms with E-state index in [1.54, 1.807) is 23.1 Å². The predicted octanol–water partition coefficient (Wildman–Crippen LogP) is 2.78. The zero-order chi connectivity index (χ0) is 19.9. The lowest BCUT2D eigenvalue weighted by Gasteiger charge is -2.36. The number of hydrogen-bond donors (Lipinski definition) is 0. The van der Waals surface area contributed by atoms with Gasteiger partial charge in [0.2, 0.25) is 0 Å². The number of anilines is 1. The molecule has 0 radical (unpaired) electrons. The van der Waals surface area contributed by atoms with Gasteiger partial charge in [-0.15, -0.1) is 0 Å². The van der Waals surface area contributed by atoms with Crippen LogP contribution in [0.15, 0.2) is 48.5 Å². The van der Waals surface area contributed by atoms with Gasteiger partial charge in [-0.05, 0) is 30.3 Å². The Labute approximate surface area is 169 Å². The van der Waals surface area contributed by atoms with Crippen LogP contribution in [0.1, 0.15) is 5.56 Å². The number of methoxy groups -OCH3 is 1. The van der Waals surface area contributed by atoms with E-state index in [1.807, 2.05) is 18.2 Å². The maximum Gasteiger partial charge on any atom is 0.310 e. The molecule has 6 nitrogen and oxygen atoms in total. The van der Waals surface area contributed by atoms with E-state index in [4.69, 9.17) is 21.1 Å². The van der Waals surface area contributed by atoms with Crippen molar-refractivity contribution >= 4 is 29.2 Å². The summed E-state index contributed by atoms with van der Waals surface area (Å²) in [6.45, 7) is 2.46. The first-order valence-corrected chi connectivity index (χ1v) is 9.50. The first-order chi connectivity index (χ1) is 13.6. The molecule has 1 amide bonds. The molecule has 0 unspecified atom stereocenters. The Morgan fingerprint density at radius 3 is 2.43 bits per heavy atom. The van der Waals surface area contributed by atoms with Crippen LogP contribution in [-0.2, 0) is 20.7 Å². The summed E-state index contributed by atoms with van der Waals surface area (Å²) >= 11 is 5.97. The van der Waals surface area contributed by atoms with Crippen LogP contribution in [0.4, 0.5) is 5.69 Å². The van der Waals surface area contributed by atoms with Crippen LogP contribution in [0.3, 0.4) is 0 Å². The number of esters is 1. The van der Waals surface area contributed by atoms with E-state index >= 15 is 0 Å². The summed E-state index contributed by atoms with van der Waals surface area (Å²) in [5.41, 5.74) is 1.78. The molecule has 2 aromatic rings. The second kappa shape index (κ2) is 9.46. The Hall–Kier alpha value is -2.73. The number of halogens is 1. The molecule has 1 heterocycles. The van der Waals surface area contributed by atoms with Crippen molar-refractivity contribution in [3.63, 3.8) is 0 Å². The van der Waals surface area contributed by atoms with Crippen molar-refractivity contribution in [2.75, 3.05) is 44.8 Å². The lowest BCUT2D eigenvalue weighted by atomic mass is 10.1. The Kier molecular flexibility index (Phi) is 6.76. The number of para-hydroxylation sites is 1. The van der Waals surface area contributed by atoms with Crippen LogP contribution < -0.4 is 9.64 Å². The van der Waals surface area contributed by atoms with Crippen molar-refractivity contribution in [3.8, 4) is 5.75 Å². The number of ether oxygens (including phenoxy) is 2. The minimum atomic E-state index is -0.489. The molecule has 2 aromatic carbocycles. The number of piperazine rings is 1. The molecular weight excluding hydrogens is 380 g/mol. The molecule has 0 N–H and O–H groups in total. The van der Waals surface area contributed by atoms with E-state index < -0.39 is 5.97 Å². The summed E-state index contributed by atoms with van der Waals surface area (Å²) in [6.07, 6.45) is -0.00119. The van der Waals surface area contributed by atoms with Crippen molar-refractivity contribution in [1.29, 1.82) is 0 Å². The van der Waals surface area contributed by atoms with E-state index in [1.165, 1.54) is 7.11 Å². The molecule has 7 heteroatoms. The number of benzene rings is 2. The third-order valence-electron chi connectivity index (χ3n) is 4.69. The van der Waals surface area contributed by atoms with Crippen LogP contribution in [0.5, 0.6) is 5.75 Å². The Bertz CT molecular complexity index is 820. The highest BCUT2D eigenvalue weighted by molar-refractivity contribution is 6.30. The van der Waals surface area contributed by atoms with E-state index in [9.17, 15) is 9.59 Å². The van der Waals surface area contributed by atoms with E-state index in [0.29, 0.717) is 29.4 Å². The molecule has 0 bridgehead atoms. The maximum atomic E-state index is 12.4. The van der Waals surface area contributed by atoms with E-state index in [2.05, 4.69) is 17.0 Å². The highest BCUT2D eigenvalue weighted by atomic mass is 35.5. The summed E-state index contributed by atoms with van der Waals surface area (Å²) in [7, 11) is 1.52. The van der Waals surface area contributed by atoms with Gasteiger partial charge in [0.1, 0.15) is 5.75 Å². The summed E-state index contributed by atoms with van der Waals surface area (Å²) < 4.78 is 10.4. The first kappa shape index (κ1) is 20.0. The number of hydrogen-bond acceptors (Lipinski definition) is 5. The van der Waals surface area contributed by atoms with Crippen LogP contribution in [-0.4, -0.2) is 56.7 Å². The van der Waals surface area contributed by atoms with Crippen LogP contribution in [0.25, 0.3) is 0 Å². The number of rotatable bonds is 6. The number of carbonyl (C=O) groups is 2. The SMILES string of the molecule is COc1ccc(Cl)cc1CC(=O)OCC(=O)N1CCN(c2ccccc2)CC1. The molecule has 1 aliphatic rings. The fourth-order valence-electron chi connectivity index (χ4n) is 3.18. The fourth-order valence-corrected chi connectivity index (χ4v) is 3.37. The molecular formula is C21H23ClN2O4. The second-order valence-corrected chi connectivity index (χ2v) is 6.93. The average molecular weight is 403 g/mol. The summed E-state index contributed by atoms with van der Waals surface area (Å²) in [4.78, 5) is 28.4. The summed E-state index contributed by atoms with van der Waals surface area (Å²) in [6, 6.07) is 15.1. The predicted molar refractivity (Wildman–Crippen MR) is 108 cm³/mol. The fraction of sp³-hybridized carbons (Fsp3) is 0.333. The van der Waals surface area contributed by atoms with Crippen LogP contribution in [0.2, 0.25) is 5.02 Å². The molecule has 0 atom stereocenters. The van der Waals surface area contributed by atoms with Crippen molar-refractivity contribution in [2.45, 2.75) is 6.42 Å². The summed E-state index contributed by atoms with van der Waals surface area (Å²) in [5.74, 6) is -0.110. The molecule has 148 valence electrons. The van der Waals surface area contributed by atoms with Gasteiger partial charge < -0.3 is 19.3 Å². The van der Waals surface area contributed by atoms with E-state index in [0.717, 1.165) is 18.8 Å². The van der Waals surface area contributed by atoms with Gasteiger partial charge >= 0.3 is 5.97 Å². The van der Waals surface area contributed by atoms with Gasteiger partial charge in [0.25, 0.3) is 5.91 Å². The van der Waals surface area contributed by atoms with Gasteiger partial charge in [0.05, 0.1) is 13.5 Å². The Morgan fingerprint density at radius 1 is 1.04 bits per heavy atom. The number of nitrogens with zero attached hydrogens (tertiary/aromatic N) is 2. The van der Waals surface area contributed by atoms with Gasteiger partial charge in [-0.1, -0.05) is 29.8 Å². The normalized spacial score (nSPS) is 13.9. The van der Waals surface area contributed by atoms with Gasteiger partial charge in [-0.3, -0.25) is 9.59 Å². The average Bonchev–Trinajstić information content (AvgIpc) is 2.73.